The molecule has 138 valence electrons. The highest BCUT2D eigenvalue weighted by Crippen LogP contribution is 2.37. The maximum Gasteiger partial charge on any atom is 0.322 e. The molecular formula is C19H17FN4O2S. The van der Waals surface area contributed by atoms with Gasteiger partial charge in [-0.1, -0.05) is 23.4 Å². The summed E-state index contributed by atoms with van der Waals surface area (Å²) in [7, 11) is 0. The molecule has 1 atom stereocenters. The molecule has 0 fully saturated rings. The third-order valence-corrected chi connectivity index (χ3v) is 5.36. The summed E-state index contributed by atoms with van der Waals surface area (Å²) < 4.78 is 19.3. The van der Waals surface area contributed by atoms with Crippen LogP contribution in [-0.4, -0.2) is 27.6 Å². The van der Waals surface area contributed by atoms with Gasteiger partial charge in [-0.15, -0.1) is 11.3 Å². The molecule has 1 aromatic carbocycles. The number of hydrogen-bond donors (Lipinski definition) is 1. The number of nitrogens with zero attached hydrogens (tertiary/aromatic N) is 3. The van der Waals surface area contributed by atoms with E-state index < -0.39 is 6.04 Å². The van der Waals surface area contributed by atoms with Crippen molar-refractivity contribution < 1.29 is 13.7 Å². The second-order valence-electron chi connectivity index (χ2n) is 6.08. The van der Waals surface area contributed by atoms with Crippen molar-refractivity contribution in [3.63, 3.8) is 0 Å². The first-order valence-electron chi connectivity index (χ1n) is 8.50. The highest BCUT2D eigenvalue weighted by molar-refractivity contribution is 7.13. The maximum atomic E-state index is 13.8. The van der Waals surface area contributed by atoms with Crippen LogP contribution >= 0.6 is 11.3 Å². The molecule has 4 rings (SSSR count). The van der Waals surface area contributed by atoms with Crippen molar-refractivity contribution in [1.29, 1.82) is 0 Å². The molecule has 1 unspecified atom stereocenters. The predicted molar refractivity (Wildman–Crippen MR) is 100 cm³/mol. The fraction of sp³-hybridized carbons (Fsp3) is 0.211. The van der Waals surface area contributed by atoms with E-state index in [1.54, 1.807) is 17.0 Å². The van der Waals surface area contributed by atoms with Crippen LogP contribution < -0.4 is 5.32 Å². The molecule has 0 spiro atoms. The molecule has 3 heterocycles. The normalized spacial score (nSPS) is 17.4. The zero-order valence-electron chi connectivity index (χ0n) is 14.8. The summed E-state index contributed by atoms with van der Waals surface area (Å²) >= 11 is 1.51. The number of hydrogen-bond acceptors (Lipinski definition) is 5. The molecule has 1 aliphatic heterocycles. The van der Waals surface area contributed by atoms with E-state index in [1.165, 1.54) is 23.5 Å². The molecule has 27 heavy (non-hydrogen) atoms. The Bertz CT molecular complexity index is 1010. The van der Waals surface area contributed by atoms with Gasteiger partial charge in [0.1, 0.15) is 5.82 Å². The molecule has 3 aromatic rings. The highest BCUT2D eigenvalue weighted by atomic mass is 32.1. The number of urea groups is 1. The van der Waals surface area contributed by atoms with Gasteiger partial charge in [0.15, 0.2) is 0 Å². The van der Waals surface area contributed by atoms with Gasteiger partial charge >= 0.3 is 6.03 Å². The van der Waals surface area contributed by atoms with Crippen LogP contribution in [0.4, 0.5) is 9.18 Å². The van der Waals surface area contributed by atoms with Crippen molar-refractivity contribution in [1.82, 2.24) is 20.4 Å². The van der Waals surface area contributed by atoms with E-state index >= 15 is 0 Å². The summed E-state index contributed by atoms with van der Waals surface area (Å²) in [6.45, 7) is 4.20. The minimum atomic E-state index is -0.576. The number of halogens is 1. The smallest absolute Gasteiger partial charge is 0.322 e. The Kier molecular flexibility index (Phi) is 4.49. The van der Waals surface area contributed by atoms with E-state index in [0.717, 1.165) is 4.88 Å². The zero-order valence-corrected chi connectivity index (χ0v) is 15.6. The van der Waals surface area contributed by atoms with Crippen LogP contribution in [0.5, 0.6) is 0 Å². The average Bonchev–Trinajstić information content (AvgIpc) is 3.33. The highest BCUT2D eigenvalue weighted by Gasteiger charge is 2.35. The lowest BCUT2D eigenvalue weighted by Gasteiger charge is -2.34. The molecule has 1 N–H and O–H groups in total. The van der Waals surface area contributed by atoms with Crippen LogP contribution in [0.3, 0.4) is 0 Å². The van der Waals surface area contributed by atoms with Gasteiger partial charge in [-0.3, -0.25) is 4.90 Å². The fourth-order valence-corrected chi connectivity index (χ4v) is 3.86. The van der Waals surface area contributed by atoms with Gasteiger partial charge in [-0.05, 0) is 43.0 Å². The molecule has 0 aliphatic carbocycles. The average molecular weight is 384 g/mol. The summed E-state index contributed by atoms with van der Waals surface area (Å²) in [6.07, 6.45) is 0. The maximum absolute atomic E-state index is 13.8. The molecule has 2 amide bonds. The summed E-state index contributed by atoms with van der Waals surface area (Å²) in [4.78, 5) is 19.5. The number of amides is 2. The second kappa shape index (κ2) is 6.96. The summed E-state index contributed by atoms with van der Waals surface area (Å²) in [5.74, 6) is 0.420. The lowest BCUT2D eigenvalue weighted by molar-refractivity contribution is 0.207. The molecule has 1 aliphatic rings. The van der Waals surface area contributed by atoms with Crippen molar-refractivity contribution in [2.24, 2.45) is 0 Å². The first-order chi connectivity index (χ1) is 13.1. The van der Waals surface area contributed by atoms with E-state index in [9.17, 15) is 9.18 Å². The van der Waals surface area contributed by atoms with Crippen molar-refractivity contribution in [2.45, 2.75) is 19.9 Å². The first-order valence-corrected chi connectivity index (χ1v) is 9.38. The predicted octanol–water partition coefficient (Wildman–Crippen LogP) is 4.45. The van der Waals surface area contributed by atoms with Gasteiger partial charge in [0, 0.05) is 12.2 Å². The molecule has 0 saturated carbocycles. The zero-order chi connectivity index (χ0) is 19.0. The summed E-state index contributed by atoms with van der Waals surface area (Å²) in [6, 6.07) is 9.14. The van der Waals surface area contributed by atoms with E-state index in [2.05, 4.69) is 15.5 Å². The standard InChI is InChI=1S/C19H17FN4O2S/c1-3-24-11(2)15(18-22-17(23-26-18)14-8-5-9-27-14)16(21-19(24)25)12-6-4-7-13(20)10-12/h4-10,16H,3H2,1-2H3,(H,21,25). The first kappa shape index (κ1) is 17.4. The van der Waals surface area contributed by atoms with Crippen molar-refractivity contribution in [3.05, 3.63) is 64.7 Å². The fourth-order valence-electron chi connectivity index (χ4n) is 3.21. The van der Waals surface area contributed by atoms with E-state index in [-0.39, 0.29) is 11.8 Å². The van der Waals surface area contributed by atoms with Crippen LogP contribution in [-0.2, 0) is 0 Å². The van der Waals surface area contributed by atoms with Crippen molar-refractivity contribution in [2.75, 3.05) is 6.54 Å². The molecule has 8 heteroatoms. The van der Waals surface area contributed by atoms with Crippen LogP contribution in [0.2, 0.25) is 0 Å². The van der Waals surface area contributed by atoms with Gasteiger partial charge in [0.05, 0.1) is 16.5 Å². The van der Waals surface area contributed by atoms with E-state index in [1.807, 2.05) is 31.4 Å². The number of aromatic nitrogens is 2. The minimum Gasteiger partial charge on any atom is -0.334 e. The largest absolute Gasteiger partial charge is 0.334 e. The van der Waals surface area contributed by atoms with Crippen LogP contribution in [0.1, 0.15) is 31.3 Å². The number of thiophene rings is 1. The number of allylic oxidation sites excluding steroid dienone is 1. The van der Waals surface area contributed by atoms with Gasteiger partial charge in [-0.2, -0.15) is 4.98 Å². The van der Waals surface area contributed by atoms with Crippen LogP contribution in [0, 0.1) is 5.82 Å². The SMILES string of the molecule is CCN1C(=O)NC(c2cccc(F)c2)C(c2nc(-c3cccs3)no2)=C1C. The number of nitrogens with one attached hydrogen (secondary N) is 1. The molecule has 6 nitrogen and oxygen atoms in total. The minimum absolute atomic E-state index is 0.244. The summed E-state index contributed by atoms with van der Waals surface area (Å²) in [5, 5.41) is 8.93. The van der Waals surface area contributed by atoms with Crippen molar-refractivity contribution >= 4 is 22.9 Å². The Labute approximate surface area is 159 Å². The molecular weight excluding hydrogens is 367 g/mol. The van der Waals surface area contributed by atoms with E-state index in [0.29, 0.717) is 35.1 Å². The lowest BCUT2D eigenvalue weighted by atomic mass is 9.94. The molecule has 0 radical (unpaired) electrons. The number of rotatable bonds is 4. The van der Waals surface area contributed by atoms with Gasteiger partial charge in [0.2, 0.25) is 5.82 Å². The Morgan fingerprint density at radius 2 is 2.19 bits per heavy atom. The Morgan fingerprint density at radius 1 is 1.33 bits per heavy atom. The number of carbonyl (C=O) groups excluding carboxylic acids is 1. The van der Waals surface area contributed by atoms with Crippen molar-refractivity contribution in [3.8, 4) is 10.7 Å². The van der Waals surface area contributed by atoms with Gasteiger partial charge in [-0.25, -0.2) is 9.18 Å². The third kappa shape index (κ3) is 3.12. The molecule has 0 bridgehead atoms. The Hall–Kier alpha value is -3.00. The molecule has 0 saturated heterocycles. The monoisotopic (exact) mass is 384 g/mol. The topological polar surface area (TPSA) is 71.3 Å². The van der Waals surface area contributed by atoms with Gasteiger partial charge in [0.25, 0.3) is 5.89 Å². The number of carbonyl (C=O) groups is 1. The number of benzene rings is 1. The van der Waals surface area contributed by atoms with E-state index in [4.69, 9.17) is 4.52 Å². The van der Waals surface area contributed by atoms with Gasteiger partial charge < -0.3 is 9.84 Å². The Morgan fingerprint density at radius 3 is 2.89 bits per heavy atom. The van der Waals surface area contributed by atoms with Crippen LogP contribution in [0.15, 0.2) is 52.0 Å². The summed E-state index contributed by atoms with van der Waals surface area (Å²) in [5.41, 5.74) is 1.98. The van der Waals surface area contributed by atoms with Crippen LogP contribution in [0.25, 0.3) is 16.3 Å². The third-order valence-electron chi connectivity index (χ3n) is 4.49. The molecule has 2 aromatic heterocycles. The lowest BCUT2D eigenvalue weighted by Crippen LogP contribution is -2.45. The second-order valence-corrected chi connectivity index (χ2v) is 7.03. The Balaban J connectivity index is 1.84. The quantitative estimate of drug-likeness (QED) is 0.721.